The normalized spacial score (nSPS) is 11.8. The smallest absolute Gasteiger partial charge is 0.179 e. The summed E-state index contributed by atoms with van der Waals surface area (Å²) < 4.78 is 8.60. The first-order valence-electron chi connectivity index (χ1n) is 23.3. The van der Waals surface area contributed by atoms with E-state index in [0.717, 1.165) is 66.5 Å². The molecule has 3 heterocycles. The van der Waals surface area contributed by atoms with Gasteiger partial charge < -0.3 is 8.98 Å². The number of benzene rings is 10. The average molecular weight is 899 g/mol. The molecule has 13 rings (SSSR count). The molecule has 0 atom stereocenters. The molecule has 0 saturated heterocycles. The number of furan rings is 1. The zero-order valence-electron chi connectivity index (χ0n) is 37.4. The maximum atomic E-state index is 6.26. The van der Waals surface area contributed by atoms with Gasteiger partial charge in [-0.2, -0.15) is 0 Å². The third kappa shape index (κ3) is 6.80. The van der Waals surface area contributed by atoms with Gasteiger partial charge in [-0.3, -0.25) is 0 Å². The van der Waals surface area contributed by atoms with Gasteiger partial charge in [0.1, 0.15) is 11.2 Å². The Hall–Kier alpha value is -8.97. The van der Waals surface area contributed by atoms with E-state index in [9.17, 15) is 0 Å². The van der Waals surface area contributed by atoms with Gasteiger partial charge in [0.2, 0.25) is 0 Å². The molecule has 10 aromatic carbocycles. The van der Waals surface area contributed by atoms with Crippen molar-refractivity contribution < 1.29 is 4.42 Å². The molecule has 0 bridgehead atoms. The summed E-state index contributed by atoms with van der Waals surface area (Å²) in [6, 6.07) is 90.9. The lowest BCUT2D eigenvalue weighted by Crippen LogP contribution is -2.74. The summed E-state index contributed by atoms with van der Waals surface area (Å²) in [5.74, 6) is 1.78. The van der Waals surface area contributed by atoms with Gasteiger partial charge in [0.15, 0.2) is 25.5 Å². The maximum absolute atomic E-state index is 6.26. The first-order chi connectivity index (χ1) is 34.2. The second kappa shape index (κ2) is 16.7. The van der Waals surface area contributed by atoms with Crippen molar-refractivity contribution in [3.8, 4) is 51.0 Å². The molecule has 0 aliphatic rings. The van der Waals surface area contributed by atoms with Gasteiger partial charge in [-0.15, -0.1) is 0 Å². The minimum atomic E-state index is -2.87. The molecule has 0 aliphatic heterocycles. The summed E-state index contributed by atoms with van der Waals surface area (Å²) in [4.78, 5) is 16.3. The quantitative estimate of drug-likeness (QED) is 0.107. The van der Waals surface area contributed by atoms with Crippen LogP contribution in [0.5, 0.6) is 0 Å². The Morgan fingerprint density at radius 3 is 1.42 bits per heavy atom. The Labute approximate surface area is 400 Å². The molecule has 0 aliphatic carbocycles. The summed E-state index contributed by atoms with van der Waals surface area (Å²) in [5, 5.41) is 9.71. The number of hydrogen-bond acceptors (Lipinski definition) is 4. The molecule has 3 aromatic heterocycles. The van der Waals surface area contributed by atoms with Crippen molar-refractivity contribution in [1.29, 1.82) is 0 Å². The lowest BCUT2D eigenvalue weighted by Gasteiger charge is -2.34. The average Bonchev–Trinajstić information content (AvgIpc) is 3.98. The summed E-state index contributed by atoms with van der Waals surface area (Å²) >= 11 is 0. The number of nitrogens with zero attached hydrogens (tertiary/aromatic N) is 4. The first-order valence-corrected chi connectivity index (χ1v) is 25.3. The van der Waals surface area contributed by atoms with Crippen LogP contribution in [0.1, 0.15) is 0 Å². The molecule has 5 nitrogen and oxygen atoms in total. The molecule has 0 saturated carbocycles. The molecule has 324 valence electrons. The summed E-state index contributed by atoms with van der Waals surface area (Å²) in [6.45, 7) is 0. The standard InChI is InChI=1S/C63H42N4OSi/c1-4-23-47(24-5-1)69(48-25-6-2-7-26-48,49-27-8-3-9-28-49)50-29-19-21-45(41-50)62-64-61(44-20-18-22-46(40-44)67-57-35-15-12-31-52(57)53-32-13-16-36-58(53)67)65-63(66-62)55-34-11-10-30-51(55)43-38-39-60-56(42-43)54-33-14-17-37-59(54)68-60/h1-42H. The van der Waals surface area contributed by atoms with Crippen LogP contribution in [0.4, 0.5) is 0 Å². The number of fused-ring (bicyclic) bond motifs is 6. The predicted molar refractivity (Wildman–Crippen MR) is 287 cm³/mol. The van der Waals surface area contributed by atoms with Crippen LogP contribution in [0.3, 0.4) is 0 Å². The lowest BCUT2D eigenvalue weighted by atomic mass is 9.97. The predicted octanol–water partition coefficient (Wildman–Crippen LogP) is 12.9. The van der Waals surface area contributed by atoms with Crippen molar-refractivity contribution in [2.24, 2.45) is 0 Å². The van der Waals surface area contributed by atoms with Crippen molar-refractivity contribution in [2.75, 3.05) is 0 Å². The maximum Gasteiger partial charge on any atom is 0.179 e. The van der Waals surface area contributed by atoms with E-state index in [1.54, 1.807) is 0 Å². The third-order valence-electron chi connectivity index (χ3n) is 13.6. The lowest BCUT2D eigenvalue weighted by molar-refractivity contribution is 0.669. The van der Waals surface area contributed by atoms with Gasteiger partial charge in [0.25, 0.3) is 0 Å². The fourth-order valence-electron chi connectivity index (χ4n) is 10.5. The number of rotatable bonds is 9. The minimum Gasteiger partial charge on any atom is -0.456 e. The highest BCUT2D eigenvalue weighted by atomic mass is 28.3. The Bertz CT molecular complexity index is 3880. The van der Waals surface area contributed by atoms with Gasteiger partial charge in [-0.25, -0.2) is 15.0 Å². The van der Waals surface area contributed by atoms with Gasteiger partial charge in [-0.05, 0) is 74.3 Å². The Morgan fingerprint density at radius 1 is 0.304 bits per heavy atom. The van der Waals surface area contributed by atoms with Crippen molar-refractivity contribution in [1.82, 2.24) is 19.5 Å². The summed E-state index contributed by atoms with van der Waals surface area (Å²) in [6.07, 6.45) is 0. The Balaban J connectivity index is 1.04. The van der Waals surface area contributed by atoms with E-state index in [0.29, 0.717) is 17.5 Å². The van der Waals surface area contributed by atoms with Crippen LogP contribution >= 0.6 is 0 Å². The van der Waals surface area contributed by atoms with Crippen molar-refractivity contribution >= 4 is 72.6 Å². The van der Waals surface area contributed by atoms with Crippen LogP contribution in [0.25, 0.3) is 94.7 Å². The van der Waals surface area contributed by atoms with Gasteiger partial charge in [-0.1, -0.05) is 212 Å². The second-order valence-corrected chi connectivity index (χ2v) is 21.3. The zero-order valence-corrected chi connectivity index (χ0v) is 38.4. The van der Waals surface area contributed by atoms with Crippen LogP contribution in [-0.2, 0) is 0 Å². The van der Waals surface area contributed by atoms with E-state index >= 15 is 0 Å². The molecule has 13 aromatic rings. The third-order valence-corrected chi connectivity index (χ3v) is 18.4. The van der Waals surface area contributed by atoms with Crippen molar-refractivity contribution in [3.63, 3.8) is 0 Å². The van der Waals surface area contributed by atoms with E-state index in [4.69, 9.17) is 19.4 Å². The minimum absolute atomic E-state index is 0.590. The second-order valence-electron chi connectivity index (χ2n) is 17.5. The van der Waals surface area contributed by atoms with E-state index < -0.39 is 8.07 Å². The van der Waals surface area contributed by atoms with Crippen LogP contribution < -0.4 is 20.7 Å². The zero-order chi connectivity index (χ0) is 45.7. The molecular formula is C63H42N4OSi. The Kier molecular flexibility index (Phi) is 9.77. The fourth-order valence-corrected chi connectivity index (χ4v) is 15.3. The van der Waals surface area contributed by atoms with Crippen molar-refractivity contribution in [3.05, 3.63) is 255 Å². The molecule has 0 spiro atoms. The number of hydrogen-bond donors (Lipinski definition) is 0. The van der Waals surface area contributed by atoms with E-state index in [1.807, 2.05) is 12.1 Å². The van der Waals surface area contributed by atoms with E-state index in [1.165, 1.54) is 31.5 Å². The molecule has 69 heavy (non-hydrogen) atoms. The monoisotopic (exact) mass is 898 g/mol. The number of aromatic nitrogens is 4. The van der Waals surface area contributed by atoms with Crippen LogP contribution in [0.2, 0.25) is 0 Å². The van der Waals surface area contributed by atoms with Crippen LogP contribution in [-0.4, -0.2) is 27.6 Å². The highest BCUT2D eigenvalue weighted by molar-refractivity contribution is 7.19. The largest absolute Gasteiger partial charge is 0.456 e. The Morgan fingerprint density at radius 2 is 0.783 bits per heavy atom. The molecule has 0 radical (unpaired) electrons. The summed E-state index contributed by atoms with van der Waals surface area (Å²) in [5.41, 5.74) is 9.82. The first kappa shape index (κ1) is 40.3. The fraction of sp³-hybridized carbons (Fsp3) is 0. The van der Waals surface area contributed by atoms with Crippen LogP contribution in [0.15, 0.2) is 259 Å². The van der Waals surface area contributed by atoms with Gasteiger partial charge in [0.05, 0.1) is 11.0 Å². The van der Waals surface area contributed by atoms with Crippen molar-refractivity contribution in [2.45, 2.75) is 0 Å². The highest BCUT2D eigenvalue weighted by Crippen LogP contribution is 2.38. The topological polar surface area (TPSA) is 56.7 Å². The highest BCUT2D eigenvalue weighted by Gasteiger charge is 2.41. The van der Waals surface area contributed by atoms with Crippen LogP contribution in [0, 0.1) is 0 Å². The molecule has 0 N–H and O–H groups in total. The molecule has 0 unspecified atom stereocenters. The summed E-state index contributed by atoms with van der Waals surface area (Å²) in [7, 11) is -2.87. The van der Waals surface area contributed by atoms with E-state index in [2.05, 4.69) is 247 Å². The molecular weight excluding hydrogens is 857 g/mol. The van der Waals surface area contributed by atoms with E-state index in [-0.39, 0.29) is 0 Å². The van der Waals surface area contributed by atoms with Gasteiger partial charge >= 0.3 is 0 Å². The molecule has 0 fully saturated rings. The SMILES string of the molecule is c1ccc([Si](c2ccccc2)(c2ccccc2)c2cccc(-c3nc(-c4cccc(-n5c6ccccc6c6ccccc65)c4)nc(-c4ccccc4-c4ccc5oc6ccccc6c5c4)n3)c2)cc1. The molecule has 0 amide bonds. The van der Waals surface area contributed by atoms with Gasteiger partial charge in [0, 0.05) is 43.9 Å². The number of para-hydroxylation sites is 3. The molecule has 6 heteroatoms.